The zero-order valence-electron chi connectivity index (χ0n) is 15.4. The molecule has 3 aromatic rings. The molecule has 1 aromatic carbocycles. The summed E-state index contributed by atoms with van der Waals surface area (Å²) in [5, 5.41) is 7.12. The molecule has 0 bridgehead atoms. The van der Waals surface area contributed by atoms with Gasteiger partial charge in [-0.05, 0) is 43.5 Å². The molecule has 7 nitrogen and oxygen atoms in total. The predicted molar refractivity (Wildman–Crippen MR) is 104 cm³/mol. The molecule has 1 unspecified atom stereocenters. The van der Waals surface area contributed by atoms with E-state index in [2.05, 4.69) is 25.3 Å². The molecule has 1 saturated heterocycles. The van der Waals surface area contributed by atoms with Gasteiger partial charge in [0.25, 0.3) is 5.91 Å². The standard InChI is InChI=1S/C19H23N5O2S/c1-2-18-22-17(23-26-18)11-24-7-3-4-13(10-24)9-20-19(25)14-5-6-16-15(8-14)21-12-27-16/h5-6,8,12-13H,2-4,7,9-11H2,1H3,(H,20,25). The number of carbonyl (C=O) groups is 1. The Kier molecular flexibility index (Phi) is 5.45. The summed E-state index contributed by atoms with van der Waals surface area (Å²) in [6.07, 6.45) is 2.99. The number of carbonyl (C=O) groups excluding carboxylic acids is 1. The second-order valence-corrected chi connectivity index (χ2v) is 7.83. The number of hydrogen-bond donors (Lipinski definition) is 1. The molecule has 1 aliphatic heterocycles. The summed E-state index contributed by atoms with van der Waals surface area (Å²) in [5.41, 5.74) is 3.35. The number of amides is 1. The highest BCUT2D eigenvalue weighted by Crippen LogP contribution is 2.20. The van der Waals surface area contributed by atoms with E-state index in [4.69, 9.17) is 4.52 Å². The maximum absolute atomic E-state index is 12.5. The minimum absolute atomic E-state index is 0.0345. The van der Waals surface area contributed by atoms with E-state index in [1.165, 1.54) is 0 Å². The average molecular weight is 385 g/mol. The summed E-state index contributed by atoms with van der Waals surface area (Å²) >= 11 is 1.58. The van der Waals surface area contributed by atoms with E-state index in [-0.39, 0.29) is 5.91 Å². The highest BCUT2D eigenvalue weighted by molar-refractivity contribution is 7.16. The Morgan fingerprint density at radius 1 is 1.44 bits per heavy atom. The van der Waals surface area contributed by atoms with Crippen molar-refractivity contribution in [2.75, 3.05) is 19.6 Å². The Bertz CT molecular complexity index is 922. The van der Waals surface area contributed by atoms with Crippen LogP contribution in [-0.2, 0) is 13.0 Å². The molecule has 1 atom stereocenters. The summed E-state index contributed by atoms with van der Waals surface area (Å²) in [6, 6.07) is 5.68. The zero-order chi connectivity index (χ0) is 18.6. The molecule has 2 aromatic heterocycles. The van der Waals surface area contributed by atoms with Gasteiger partial charge in [0, 0.05) is 25.1 Å². The summed E-state index contributed by atoms with van der Waals surface area (Å²) in [7, 11) is 0. The first-order valence-electron chi connectivity index (χ1n) is 9.36. The second-order valence-electron chi connectivity index (χ2n) is 6.95. The van der Waals surface area contributed by atoms with Gasteiger partial charge in [-0.25, -0.2) is 4.98 Å². The Morgan fingerprint density at radius 3 is 3.22 bits per heavy atom. The molecule has 0 aliphatic carbocycles. The summed E-state index contributed by atoms with van der Waals surface area (Å²) in [4.78, 5) is 23.5. The summed E-state index contributed by atoms with van der Waals surface area (Å²) in [5.74, 6) is 1.83. The second kappa shape index (κ2) is 8.14. The van der Waals surface area contributed by atoms with Crippen LogP contribution in [0.3, 0.4) is 0 Å². The van der Waals surface area contributed by atoms with Crippen LogP contribution in [0.1, 0.15) is 41.8 Å². The monoisotopic (exact) mass is 385 g/mol. The van der Waals surface area contributed by atoms with Crippen molar-refractivity contribution < 1.29 is 9.32 Å². The average Bonchev–Trinajstić information content (AvgIpc) is 3.34. The molecular weight excluding hydrogens is 362 g/mol. The van der Waals surface area contributed by atoms with Crippen LogP contribution in [0.2, 0.25) is 0 Å². The van der Waals surface area contributed by atoms with Crippen molar-refractivity contribution in [1.82, 2.24) is 25.3 Å². The smallest absolute Gasteiger partial charge is 0.251 e. The molecular formula is C19H23N5O2S. The van der Waals surface area contributed by atoms with Crippen molar-refractivity contribution in [2.45, 2.75) is 32.7 Å². The fourth-order valence-corrected chi connectivity index (χ4v) is 4.16. The number of nitrogens with zero attached hydrogens (tertiary/aromatic N) is 4. The lowest BCUT2D eigenvalue weighted by molar-refractivity contribution is 0.0929. The van der Waals surface area contributed by atoms with E-state index in [1.807, 2.05) is 25.1 Å². The Morgan fingerprint density at radius 2 is 2.37 bits per heavy atom. The van der Waals surface area contributed by atoms with Crippen molar-refractivity contribution >= 4 is 27.5 Å². The highest BCUT2D eigenvalue weighted by Gasteiger charge is 2.22. The third-order valence-corrected chi connectivity index (χ3v) is 5.73. The van der Waals surface area contributed by atoms with E-state index in [0.29, 0.717) is 30.5 Å². The van der Waals surface area contributed by atoms with Gasteiger partial charge in [0.15, 0.2) is 5.82 Å². The number of rotatable bonds is 6. The highest BCUT2D eigenvalue weighted by atomic mass is 32.1. The van der Waals surface area contributed by atoms with Crippen molar-refractivity contribution in [3.05, 3.63) is 41.0 Å². The van der Waals surface area contributed by atoms with Crippen LogP contribution in [0.4, 0.5) is 0 Å². The van der Waals surface area contributed by atoms with Crippen molar-refractivity contribution in [1.29, 1.82) is 0 Å². The number of thiazole rings is 1. The van der Waals surface area contributed by atoms with Crippen LogP contribution in [0.5, 0.6) is 0 Å². The van der Waals surface area contributed by atoms with E-state index >= 15 is 0 Å². The van der Waals surface area contributed by atoms with Gasteiger partial charge in [0.1, 0.15) is 0 Å². The number of hydrogen-bond acceptors (Lipinski definition) is 7. The maximum atomic E-state index is 12.5. The lowest BCUT2D eigenvalue weighted by Gasteiger charge is -2.31. The number of benzene rings is 1. The first-order chi connectivity index (χ1) is 13.2. The fraction of sp³-hybridized carbons (Fsp3) is 0.474. The van der Waals surface area contributed by atoms with Crippen LogP contribution < -0.4 is 5.32 Å². The molecule has 1 fully saturated rings. The predicted octanol–water partition coefficient (Wildman–Crippen LogP) is 2.88. The largest absolute Gasteiger partial charge is 0.352 e. The Hall–Kier alpha value is -2.32. The molecule has 0 saturated carbocycles. The van der Waals surface area contributed by atoms with Crippen LogP contribution in [0, 0.1) is 5.92 Å². The van der Waals surface area contributed by atoms with E-state index in [0.717, 1.165) is 48.4 Å². The maximum Gasteiger partial charge on any atom is 0.251 e. The van der Waals surface area contributed by atoms with Gasteiger partial charge in [0.05, 0.1) is 22.3 Å². The molecule has 1 amide bonds. The summed E-state index contributed by atoms with van der Waals surface area (Å²) in [6.45, 7) is 5.34. The lowest BCUT2D eigenvalue weighted by atomic mass is 9.98. The minimum atomic E-state index is -0.0345. The number of nitrogens with one attached hydrogen (secondary N) is 1. The van der Waals surface area contributed by atoms with E-state index in [1.54, 1.807) is 16.8 Å². The van der Waals surface area contributed by atoms with Gasteiger partial charge >= 0.3 is 0 Å². The Labute approximate surface area is 161 Å². The SMILES string of the molecule is CCc1nc(CN2CCCC(CNC(=O)c3ccc4scnc4c3)C2)no1. The third kappa shape index (κ3) is 4.33. The molecule has 3 heterocycles. The molecule has 8 heteroatoms. The minimum Gasteiger partial charge on any atom is -0.352 e. The number of likely N-dealkylation sites (tertiary alicyclic amines) is 1. The topological polar surface area (TPSA) is 84.2 Å². The van der Waals surface area contributed by atoms with E-state index < -0.39 is 0 Å². The van der Waals surface area contributed by atoms with Crippen molar-refractivity contribution in [2.24, 2.45) is 5.92 Å². The van der Waals surface area contributed by atoms with Crippen LogP contribution in [-0.4, -0.2) is 45.6 Å². The van der Waals surface area contributed by atoms with Gasteiger partial charge in [-0.3, -0.25) is 9.69 Å². The van der Waals surface area contributed by atoms with Gasteiger partial charge in [-0.2, -0.15) is 4.98 Å². The van der Waals surface area contributed by atoms with Crippen molar-refractivity contribution in [3.63, 3.8) is 0 Å². The molecule has 0 radical (unpaired) electrons. The summed E-state index contributed by atoms with van der Waals surface area (Å²) < 4.78 is 6.28. The van der Waals surface area contributed by atoms with Crippen LogP contribution in [0.25, 0.3) is 10.2 Å². The number of aryl methyl sites for hydroxylation is 1. The first-order valence-corrected chi connectivity index (χ1v) is 10.2. The van der Waals surface area contributed by atoms with Crippen LogP contribution >= 0.6 is 11.3 Å². The van der Waals surface area contributed by atoms with Crippen LogP contribution in [0.15, 0.2) is 28.2 Å². The van der Waals surface area contributed by atoms with Gasteiger partial charge < -0.3 is 9.84 Å². The number of fused-ring (bicyclic) bond motifs is 1. The first kappa shape index (κ1) is 18.1. The van der Waals surface area contributed by atoms with Gasteiger partial charge in [-0.1, -0.05) is 12.1 Å². The molecule has 1 aliphatic rings. The normalized spacial score (nSPS) is 18.0. The zero-order valence-corrected chi connectivity index (χ0v) is 16.2. The molecule has 1 N–H and O–H groups in total. The molecule has 27 heavy (non-hydrogen) atoms. The lowest BCUT2D eigenvalue weighted by Crippen LogP contribution is -2.40. The molecule has 0 spiro atoms. The molecule has 4 rings (SSSR count). The molecule has 142 valence electrons. The fourth-order valence-electron chi connectivity index (χ4n) is 3.50. The van der Waals surface area contributed by atoms with E-state index in [9.17, 15) is 4.79 Å². The van der Waals surface area contributed by atoms with Gasteiger partial charge in [-0.15, -0.1) is 11.3 Å². The third-order valence-electron chi connectivity index (χ3n) is 4.92. The number of piperidine rings is 1. The van der Waals surface area contributed by atoms with Crippen molar-refractivity contribution in [3.8, 4) is 0 Å². The van der Waals surface area contributed by atoms with Gasteiger partial charge in [0.2, 0.25) is 5.89 Å². The quantitative estimate of drug-likeness (QED) is 0.702. The Balaban J connectivity index is 1.30. The number of aromatic nitrogens is 3.